The second-order valence-electron chi connectivity index (χ2n) is 5.57. The van der Waals surface area contributed by atoms with Gasteiger partial charge in [0.25, 0.3) is 0 Å². The quantitative estimate of drug-likeness (QED) is 0.696. The highest BCUT2D eigenvalue weighted by molar-refractivity contribution is 7.71. The van der Waals surface area contributed by atoms with Crippen molar-refractivity contribution in [2.75, 3.05) is 0 Å². The van der Waals surface area contributed by atoms with E-state index in [-0.39, 0.29) is 11.8 Å². The molecule has 1 atom stereocenters. The highest BCUT2D eigenvalue weighted by Gasteiger charge is 2.14. The maximum atomic E-state index is 9.35. The van der Waals surface area contributed by atoms with Gasteiger partial charge in [-0.2, -0.15) is 5.10 Å². The molecule has 4 nitrogen and oxygen atoms in total. The molecule has 0 fully saturated rings. The van der Waals surface area contributed by atoms with Gasteiger partial charge in [0.15, 0.2) is 4.77 Å². The van der Waals surface area contributed by atoms with Gasteiger partial charge in [-0.15, -0.1) is 0 Å². The van der Waals surface area contributed by atoms with Crippen LogP contribution in [-0.4, -0.2) is 19.9 Å². The molecule has 1 heterocycles. The lowest BCUT2D eigenvalue weighted by Gasteiger charge is -2.16. The van der Waals surface area contributed by atoms with Gasteiger partial charge in [0.05, 0.1) is 6.04 Å². The summed E-state index contributed by atoms with van der Waals surface area (Å²) in [6.07, 6.45) is 1.64. The summed E-state index contributed by atoms with van der Waals surface area (Å²) in [6, 6.07) is 17.7. The van der Waals surface area contributed by atoms with Crippen LogP contribution in [0.4, 0.5) is 0 Å². The summed E-state index contributed by atoms with van der Waals surface area (Å²) in [4.78, 5) is 0. The molecule has 2 aromatic carbocycles. The highest BCUT2D eigenvalue weighted by atomic mass is 32.1. The minimum atomic E-state index is 0.136. The molecular weight excluding hydrogens is 306 g/mol. The summed E-state index contributed by atoms with van der Waals surface area (Å²) in [6.45, 7) is 2.13. The molecule has 5 heteroatoms. The zero-order valence-corrected chi connectivity index (χ0v) is 13.8. The highest BCUT2D eigenvalue weighted by Crippen LogP contribution is 2.20. The average Bonchev–Trinajstić information content (AvgIpc) is 2.95. The monoisotopic (exact) mass is 325 g/mol. The lowest BCUT2D eigenvalue weighted by atomic mass is 10.1. The van der Waals surface area contributed by atoms with Crippen molar-refractivity contribution in [3.8, 4) is 5.75 Å². The van der Waals surface area contributed by atoms with E-state index in [2.05, 4.69) is 33.8 Å². The van der Waals surface area contributed by atoms with E-state index in [9.17, 15) is 5.11 Å². The van der Waals surface area contributed by atoms with Crippen molar-refractivity contribution in [2.24, 2.45) is 0 Å². The smallest absolute Gasteiger partial charge is 0.195 e. The molecule has 0 bridgehead atoms. The van der Waals surface area contributed by atoms with Gasteiger partial charge in [0.1, 0.15) is 11.6 Å². The number of aromatic nitrogens is 3. The molecule has 0 spiro atoms. The number of phenols is 1. The van der Waals surface area contributed by atoms with Crippen molar-refractivity contribution in [1.29, 1.82) is 0 Å². The van der Waals surface area contributed by atoms with Gasteiger partial charge < -0.3 is 5.11 Å². The molecule has 23 heavy (non-hydrogen) atoms. The van der Waals surface area contributed by atoms with E-state index < -0.39 is 0 Å². The minimum Gasteiger partial charge on any atom is -0.508 e. The van der Waals surface area contributed by atoms with E-state index in [0.717, 1.165) is 24.2 Å². The number of aryl methyl sites for hydroxylation is 2. The Morgan fingerprint density at radius 1 is 1.09 bits per heavy atom. The van der Waals surface area contributed by atoms with Gasteiger partial charge in [0.2, 0.25) is 0 Å². The fraction of sp³-hybridized carbons (Fsp3) is 0.222. The molecule has 2 N–H and O–H groups in total. The Labute approximate surface area is 140 Å². The summed E-state index contributed by atoms with van der Waals surface area (Å²) in [7, 11) is 0. The maximum absolute atomic E-state index is 9.35. The average molecular weight is 325 g/mol. The van der Waals surface area contributed by atoms with Crippen LogP contribution < -0.4 is 0 Å². The molecule has 0 saturated carbocycles. The zero-order valence-electron chi connectivity index (χ0n) is 12.9. The van der Waals surface area contributed by atoms with E-state index >= 15 is 0 Å². The van der Waals surface area contributed by atoms with Crippen molar-refractivity contribution in [1.82, 2.24) is 14.8 Å². The number of nitrogens with one attached hydrogen (secondary N) is 1. The van der Waals surface area contributed by atoms with E-state index in [1.807, 2.05) is 30.3 Å². The van der Waals surface area contributed by atoms with E-state index in [1.165, 1.54) is 5.56 Å². The number of rotatable bonds is 5. The SMILES string of the molecule is CC(c1ccccc1)n1c(CCc2ccc(O)cc2)n[nH]c1=S. The summed E-state index contributed by atoms with van der Waals surface area (Å²) >= 11 is 5.41. The largest absolute Gasteiger partial charge is 0.508 e. The summed E-state index contributed by atoms with van der Waals surface area (Å²) < 4.78 is 2.72. The lowest BCUT2D eigenvalue weighted by molar-refractivity contribution is 0.475. The van der Waals surface area contributed by atoms with Crippen molar-refractivity contribution >= 4 is 12.2 Å². The molecular formula is C18H19N3OS. The molecule has 118 valence electrons. The van der Waals surface area contributed by atoms with Crippen LogP contribution in [0, 0.1) is 4.77 Å². The molecule has 0 aliphatic carbocycles. The molecule has 3 aromatic rings. The van der Waals surface area contributed by atoms with Crippen molar-refractivity contribution < 1.29 is 5.11 Å². The predicted molar refractivity (Wildman–Crippen MR) is 93.2 cm³/mol. The van der Waals surface area contributed by atoms with Gasteiger partial charge in [-0.1, -0.05) is 42.5 Å². The standard InChI is InChI=1S/C18H19N3OS/c1-13(15-5-3-2-4-6-15)21-17(19-20-18(21)23)12-9-14-7-10-16(22)11-8-14/h2-8,10-11,13,22H,9,12H2,1H3,(H,20,23). The van der Waals surface area contributed by atoms with E-state index in [4.69, 9.17) is 12.2 Å². The summed E-state index contributed by atoms with van der Waals surface area (Å²) in [5.41, 5.74) is 2.37. The zero-order chi connectivity index (χ0) is 16.2. The first-order chi connectivity index (χ1) is 11.1. The first-order valence-electron chi connectivity index (χ1n) is 7.64. The molecule has 0 aliphatic rings. The number of H-pyrrole nitrogens is 1. The maximum Gasteiger partial charge on any atom is 0.195 e. The lowest BCUT2D eigenvalue weighted by Crippen LogP contribution is -2.11. The first-order valence-corrected chi connectivity index (χ1v) is 8.04. The number of aromatic amines is 1. The Bertz CT molecular complexity index is 821. The van der Waals surface area contributed by atoms with Crippen LogP contribution in [0.3, 0.4) is 0 Å². The molecule has 0 aliphatic heterocycles. The van der Waals surface area contributed by atoms with Crippen LogP contribution in [0.1, 0.15) is 29.9 Å². The second-order valence-corrected chi connectivity index (χ2v) is 5.95. The van der Waals surface area contributed by atoms with Gasteiger partial charge in [-0.25, -0.2) is 0 Å². The van der Waals surface area contributed by atoms with Gasteiger partial charge >= 0.3 is 0 Å². The van der Waals surface area contributed by atoms with E-state index in [0.29, 0.717) is 4.77 Å². The number of hydrogen-bond donors (Lipinski definition) is 2. The summed E-state index contributed by atoms with van der Waals surface area (Å²) in [5, 5.41) is 16.7. The number of aromatic hydroxyl groups is 1. The Balaban J connectivity index is 1.81. The fourth-order valence-corrected chi connectivity index (χ4v) is 3.02. The third kappa shape index (κ3) is 3.51. The van der Waals surface area contributed by atoms with Crippen LogP contribution in [0.2, 0.25) is 0 Å². The van der Waals surface area contributed by atoms with Crippen molar-refractivity contribution in [2.45, 2.75) is 25.8 Å². The molecule has 1 aromatic heterocycles. The Kier molecular flexibility index (Phi) is 4.57. The fourth-order valence-electron chi connectivity index (χ4n) is 2.71. The van der Waals surface area contributed by atoms with Crippen LogP contribution in [0.5, 0.6) is 5.75 Å². The second kappa shape index (κ2) is 6.79. The predicted octanol–water partition coefficient (Wildman–Crippen LogP) is 4.04. The van der Waals surface area contributed by atoms with Gasteiger partial charge in [-0.3, -0.25) is 9.67 Å². The Morgan fingerprint density at radius 2 is 1.78 bits per heavy atom. The molecule has 0 amide bonds. The number of hydrogen-bond acceptors (Lipinski definition) is 3. The van der Waals surface area contributed by atoms with Crippen molar-refractivity contribution in [3.63, 3.8) is 0 Å². The summed E-state index contributed by atoms with van der Waals surface area (Å²) in [5.74, 6) is 1.23. The first kappa shape index (κ1) is 15.5. The van der Waals surface area contributed by atoms with Crippen LogP contribution >= 0.6 is 12.2 Å². The molecule has 0 radical (unpaired) electrons. The molecule has 0 saturated heterocycles. The van der Waals surface area contributed by atoms with Gasteiger partial charge in [-0.05, 0) is 48.8 Å². The molecule has 3 rings (SSSR count). The Hall–Kier alpha value is -2.40. The van der Waals surface area contributed by atoms with Gasteiger partial charge in [0, 0.05) is 6.42 Å². The van der Waals surface area contributed by atoms with Crippen LogP contribution in [0.25, 0.3) is 0 Å². The third-order valence-electron chi connectivity index (χ3n) is 4.02. The van der Waals surface area contributed by atoms with E-state index in [1.54, 1.807) is 12.1 Å². The van der Waals surface area contributed by atoms with Crippen LogP contribution in [-0.2, 0) is 12.8 Å². The molecule has 1 unspecified atom stereocenters. The normalized spacial score (nSPS) is 12.2. The number of phenolic OH excluding ortho intramolecular Hbond substituents is 1. The van der Waals surface area contributed by atoms with Crippen molar-refractivity contribution in [3.05, 3.63) is 76.3 Å². The number of nitrogens with zero attached hydrogens (tertiary/aromatic N) is 2. The third-order valence-corrected chi connectivity index (χ3v) is 4.31. The number of benzene rings is 2. The van der Waals surface area contributed by atoms with Crippen LogP contribution in [0.15, 0.2) is 54.6 Å². The Morgan fingerprint density at radius 3 is 2.48 bits per heavy atom. The minimum absolute atomic E-state index is 0.136. The topological polar surface area (TPSA) is 53.8 Å².